The van der Waals surface area contributed by atoms with Gasteiger partial charge in [-0.05, 0) is 34.1 Å². The van der Waals surface area contributed by atoms with Gasteiger partial charge in [-0.15, -0.1) is 0 Å². The molecule has 0 fully saturated rings. The molecule has 0 saturated carbocycles. The third kappa shape index (κ3) is 5.74. The van der Waals surface area contributed by atoms with E-state index in [1.807, 2.05) is 24.0 Å². The number of rotatable bonds is 7. The zero-order valence-electron chi connectivity index (χ0n) is 13.4. The van der Waals surface area contributed by atoms with E-state index in [0.717, 1.165) is 18.5 Å². The van der Waals surface area contributed by atoms with Crippen molar-refractivity contribution in [2.45, 2.75) is 65.6 Å². The summed E-state index contributed by atoms with van der Waals surface area (Å²) in [5, 5.41) is 10.6. The van der Waals surface area contributed by atoms with Gasteiger partial charge in [-0.3, -0.25) is 9.48 Å². The Balaban J connectivity index is 2.25. The minimum atomic E-state index is 0.00836. The van der Waals surface area contributed by atoms with Gasteiger partial charge in [0, 0.05) is 37.3 Å². The number of aromatic nitrogens is 2. The van der Waals surface area contributed by atoms with Crippen LogP contribution in [-0.4, -0.2) is 28.3 Å². The number of hydrogen-bond acceptors (Lipinski definition) is 3. The first-order chi connectivity index (χ1) is 9.32. The van der Waals surface area contributed by atoms with Crippen LogP contribution in [0, 0.1) is 0 Å². The van der Waals surface area contributed by atoms with Crippen LogP contribution in [0.3, 0.4) is 0 Å². The van der Waals surface area contributed by atoms with Crippen molar-refractivity contribution >= 4 is 5.91 Å². The Morgan fingerprint density at radius 1 is 1.45 bits per heavy atom. The molecule has 1 atom stereocenters. The predicted octanol–water partition coefficient (Wildman–Crippen LogP) is 2.03. The number of amides is 1. The molecule has 114 valence electrons. The monoisotopic (exact) mass is 280 g/mol. The molecule has 1 heterocycles. The molecule has 0 saturated heterocycles. The van der Waals surface area contributed by atoms with Gasteiger partial charge in [0.2, 0.25) is 5.91 Å². The smallest absolute Gasteiger partial charge is 0.221 e. The maximum atomic E-state index is 11.6. The van der Waals surface area contributed by atoms with E-state index in [9.17, 15) is 4.79 Å². The molecule has 1 rings (SSSR count). The molecule has 5 heteroatoms. The van der Waals surface area contributed by atoms with Crippen LogP contribution in [0.4, 0.5) is 0 Å². The van der Waals surface area contributed by atoms with E-state index in [2.05, 4.69) is 43.4 Å². The second kappa shape index (κ2) is 7.43. The highest BCUT2D eigenvalue weighted by atomic mass is 16.1. The van der Waals surface area contributed by atoms with Gasteiger partial charge in [-0.1, -0.05) is 6.92 Å². The summed E-state index contributed by atoms with van der Waals surface area (Å²) in [7, 11) is 0. The molecule has 0 aromatic carbocycles. The number of nitrogens with zero attached hydrogens (tertiary/aromatic N) is 2. The fourth-order valence-corrected chi connectivity index (χ4v) is 1.70. The number of carbonyl (C=O) groups excluding carboxylic acids is 1. The second-order valence-electron chi connectivity index (χ2n) is 6.27. The van der Waals surface area contributed by atoms with Crippen LogP contribution in [0.5, 0.6) is 0 Å². The van der Waals surface area contributed by atoms with Crippen LogP contribution in [0.15, 0.2) is 12.4 Å². The van der Waals surface area contributed by atoms with Gasteiger partial charge in [0.05, 0.1) is 11.7 Å². The average Bonchev–Trinajstić information content (AvgIpc) is 2.83. The van der Waals surface area contributed by atoms with Crippen molar-refractivity contribution in [3.05, 3.63) is 18.0 Å². The largest absolute Gasteiger partial charge is 0.354 e. The predicted molar refractivity (Wildman–Crippen MR) is 81.4 cm³/mol. The first-order valence-corrected chi connectivity index (χ1v) is 7.37. The molecule has 1 aromatic rings. The van der Waals surface area contributed by atoms with E-state index in [4.69, 9.17) is 0 Å². The lowest BCUT2D eigenvalue weighted by atomic mass is 10.1. The minimum absolute atomic E-state index is 0.00836. The lowest BCUT2D eigenvalue weighted by Gasteiger charge is -2.18. The van der Waals surface area contributed by atoms with Gasteiger partial charge < -0.3 is 10.6 Å². The lowest BCUT2D eigenvalue weighted by molar-refractivity contribution is -0.121. The van der Waals surface area contributed by atoms with Gasteiger partial charge in [0.1, 0.15) is 0 Å². The third-order valence-corrected chi connectivity index (χ3v) is 3.20. The van der Waals surface area contributed by atoms with Crippen molar-refractivity contribution in [2.24, 2.45) is 0 Å². The Morgan fingerprint density at radius 3 is 2.70 bits per heavy atom. The lowest BCUT2D eigenvalue weighted by Crippen LogP contribution is -2.33. The molecule has 1 unspecified atom stereocenters. The van der Waals surface area contributed by atoms with Crippen molar-refractivity contribution in [3.8, 4) is 0 Å². The van der Waals surface area contributed by atoms with Crippen LogP contribution in [0.2, 0.25) is 0 Å². The first-order valence-electron chi connectivity index (χ1n) is 7.37. The molecule has 0 aliphatic heterocycles. The van der Waals surface area contributed by atoms with E-state index in [0.29, 0.717) is 13.0 Å². The van der Waals surface area contributed by atoms with Crippen molar-refractivity contribution in [1.82, 2.24) is 20.4 Å². The fourth-order valence-electron chi connectivity index (χ4n) is 1.70. The molecule has 5 nitrogen and oxygen atoms in total. The summed E-state index contributed by atoms with van der Waals surface area (Å²) in [6.07, 6.45) is 5.40. The van der Waals surface area contributed by atoms with Crippen LogP contribution in [0.1, 0.15) is 53.0 Å². The van der Waals surface area contributed by atoms with Gasteiger partial charge in [-0.2, -0.15) is 5.10 Å². The van der Waals surface area contributed by atoms with Gasteiger partial charge in [0.25, 0.3) is 0 Å². The highest BCUT2D eigenvalue weighted by Gasteiger charge is 2.13. The van der Waals surface area contributed by atoms with E-state index in [1.54, 1.807) is 0 Å². The summed E-state index contributed by atoms with van der Waals surface area (Å²) in [6, 6.07) is 0.257. The normalized spacial score (nSPS) is 13.2. The summed E-state index contributed by atoms with van der Waals surface area (Å²) in [5.74, 6) is 0.109. The summed E-state index contributed by atoms with van der Waals surface area (Å²) in [5.41, 5.74) is 1.15. The van der Waals surface area contributed by atoms with Crippen molar-refractivity contribution in [3.63, 3.8) is 0 Å². The van der Waals surface area contributed by atoms with E-state index in [-0.39, 0.29) is 17.5 Å². The second-order valence-corrected chi connectivity index (χ2v) is 6.27. The first kappa shape index (κ1) is 16.7. The number of nitrogens with one attached hydrogen (secondary N) is 2. The van der Waals surface area contributed by atoms with E-state index in [1.165, 1.54) is 0 Å². The summed E-state index contributed by atoms with van der Waals surface area (Å²) in [4.78, 5) is 11.6. The van der Waals surface area contributed by atoms with Gasteiger partial charge >= 0.3 is 0 Å². The summed E-state index contributed by atoms with van der Waals surface area (Å²) < 4.78 is 1.96. The highest BCUT2D eigenvalue weighted by Crippen LogP contribution is 2.12. The Kier molecular flexibility index (Phi) is 6.20. The SMILES string of the molecule is CCC(C)NC(=O)CCNCc1cnn(C(C)(C)C)c1. The van der Waals surface area contributed by atoms with Crippen LogP contribution >= 0.6 is 0 Å². The molecule has 0 bridgehead atoms. The summed E-state index contributed by atoms with van der Waals surface area (Å²) >= 11 is 0. The molecule has 0 aliphatic rings. The van der Waals surface area contributed by atoms with Crippen molar-refractivity contribution in [2.75, 3.05) is 6.54 Å². The number of carbonyl (C=O) groups is 1. The van der Waals surface area contributed by atoms with Gasteiger partial charge in [-0.25, -0.2) is 0 Å². The molecular weight excluding hydrogens is 252 g/mol. The average molecular weight is 280 g/mol. The van der Waals surface area contributed by atoms with Crippen molar-refractivity contribution < 1.29 is 4.79 Å². The Bertz CT molecular complexity index is 420. The molecule has 0 spiro atoms. The van der Waals surface area contributed by atoms with Crippen LogP contribution in [-0.2, 0) is 16.9 Å². The summed E-state index contributed by atoms with van der Waals surface area (Å²) in [6.45, 7) is 11.9. The topological polar surface area (TPSA) is 59.0 Å². The molecular formula is C15H28N4O. The van der Waals surface area contributed by atoms with Gasteiger partial charge in [0.15, 0.2) is 0 Å². The molecule has 20 heavy (non-hydrogen) atoms. The molecule has 2 N–H and O–H groups in total. The maximum Gasteiger partial charge on any atom is 0.221 e. The van der Waals surface area contributed by atoms with E-state index < -0.39 is 0 Å². The standard InChI is InChI=1S/C15H28N4O/c1-6-12(2)18-14(20)7-8-16-9-13-10-17-19(11-13)15(3,4)5/h10-12,16H,6-9H2,1-5H3,(H,18,20). The number of hydrogen-bond donors (Lipinski definition) is 2. The third-order valence-electron chi connectivity index (χ3n) is 3.20. The quantitative estimate of drug-likeness (QED) is 0.751. The van der Waals surface area contributed by atoms with Crippen LogP contribution in [0.25, 0.3) is 0 Å². The zero-order valence-corrected chi connectivity index (χ0v) is 13.4. The molecule has 0 aliphatic carbocycles. The van der Waals surface area contributed by atoms with Crippen molar-refractivity contribution in [1.29, 1.82) is 0 Å². The molecule has 1 amide bonds. The molecule has 1 aromatic heterocycles. The maximum absolute atomic E-state index is 11.6. The molecule has 0 radical (unpaired) electrons. The van der Waals surface area contributed by atoms with E-state index >= 15 is 0 Å². The highest BCUT2D eigenvalue weighted by molar-refractivity contribution is 5.76. The fraction of sp³-hybridized carbons (Fsp3) is 0.733. The zero-order chi connectivity index (χ0) is 15.2. The Hall–Kier alpha value is -1.36. The Morgan fingerprint density at radius 2 is 2.15 bits per heavy atom. The Labute approximate surface area is 122 Å². The minimum Gasteiger partial charge on any atom is -0.354 e. The van der Waals surface area contributed by atoms with Crippen LogP contribution < -0.4 is 10.6 Å².